The molecule has 0 radical (unpaired) electrons. The molecule has 296 valence electrons. The van der Waals surface area contributed by atoms with E-state index in [0.29, 0.717) is 12.8 Å². The highest BCUT2D eigenvalue weighted by Crippen LogP contribution is 2.43. The molecule has 1 unspecified atom stereocenters. The van der Waals surface area contributed by atoms with Crippen LogP contribution in [-0.2, 0) is 32.7 Å². The number of phosphoric ester groups is 1. The van der Waals surface area contributed by atoms with E-state index in [1.165, 1.54) is 64.2 Å². The summed E-state index contributed by atoms with van der Waals surface area (Å²) < 4.78 is 32.6. The Hall–Kier alpha value is -2.03. The van der Waals surface area contributed by atoms with Crippen molar-refractivity contribution in [1.82, 2.24) is 0 Å². The third-order valence-corrected chi connectivity index (χ3v) is 9.20. The highest BCUT2D eigenvalue weighted by molar-refractivity contribution is 7.47. The van der Waals surface area contributed by atoms with E-state index in [-0.39, 0.29) is 32.6 Å². The molecule has 0 aliphatic heterocycles. The summed E-state index contributed by atoms with van der Waals surface area (Å²) in [6.45, 7) is 3.63. The molecule has 0 aromatic rings. The van der Waals surface area contributed by atoms with Crippen LogP contribution in [0.5, 0.6) is 0 Å². The van der Waals surface area contributed by atoms with Gasteiger partial charge in [0.05, 0.1) is 13.2 Å². The Balaban J connectivity index is 4.29. The lowest BCUT2D eigenvalue weighted by atomic mass is 10.1. The van der Waals surface area contributed by atoms with Gasteiger partial charge in [-0.2, -0.15) is 0 Å². The molecule has 0 aliphatic rings. The molecule has 9 nitrogen and oxygen atoms in total. The lowest BCUT2D eigenvalue weighted by Crippen LogP contribution is -2.29. The van der Waals surface area contributed by atoms with Crippen molar-refractivity contribution < 1.29 is 37.6 Å². The molecule has 0 aromatic heterocycles. The molecule has 3 N–H and O–H groups in total. The first kappa shape index (κ1) is 49.0. The zero-order valence-electron chi connectivity index (χ0n) is 32.3. The normalized spacial score (nSPS) is 13.9. The number of esters is 2. The second-order valence-electron chi connectivity index (χ2n) is 13.2. The van der Waals surface area contributed by atoms with E-state index in [1.807, 2.05) is 0 Å². The van der Waals surface area contributed by atoms with Crippen LogP contribution < -0.4 is 5.73 Å². The summed E-state index contributed by atoms with van der Waals surface area (Å²) in [5, 5.41) is 0. The van der Waals surface area contributed by atoms with Crippen LogP contribution in [0.4, 0.5) is 0 Å². The summed E-state index contributed by atoms with van der Waals surface area (Å²) in [5.74, 6) is -0.888. The van der Waals surface area contributed by atoms with Gasteiger partial charge in [-0.3, -0.25) is 18.6 Å². The van der Waals surface area contributed by atoms with Crippen LogP contribution in [0.2, 0.25) is 0 Å². The van der Waals surface area contributed by atoms with E-state index in [1.54, 1.807) is 0 Å². The van der Waals surface area contributed by atoms with E-state index in [9.17, 15) is 19.0 Å². The summed E-state index contributed by atoms with van der Waals surface area (Å²) >= 11 is 0. The van der Waals surface area contributed by atoms with E-state index >= 15 is 0 Å². The van der Waals surface area contributed by atoms with E-state index < -0.39 is 32.5 Å². The summed E-state index contributed by atoms with van der Waals surface area (Å²) in [5.41, 5.74) is 5.33. The maximum absolute atomic E-state index is 12.5. The standard InChI is InChI=1S/C41H74NO8P/c1-3-5-7-9-11-13-15-17-19-21-23-25-27-29-31-33-40(43)47-37-39(38-49-51(45,46)48-36-35-42)50-41(44)34-32-30-28-26-24-22-20-18-16-14-12-10-8-6-4-2/h13,15,17-20,24,26,39H,3-12,14,16,21-23,25,27-38,42H2,1-2H3,(H,45,46)/b15-13+,19-17+,20-18+,26-24+/t39-/m1/s1. The van der Waals surface area contributed by atoms with Crippen molar-refractivity contribution in [2.45, 2.75) is 174 Å². The van der Waals surface area contributed by atoms with Crippen LogP contribution >= 0.6 is 7.82 Å². The van der Waals surface area contributed by atoms with E-state index in [0.717, 1.165) is 64.2 Å². The van der Waals surface area contributed by atoms with Crippen LogP contribution in [0.1, 0.15) is 168 Å². The van der Waals surface area contributed by atoms with Gasteiger partial charge in [-0.25, -0.2) is 4.57 Å². The minimum Gasteiger partial charge on any atom is -0.462 e. The first-order valence-corrected chi connectivity index (χ1v) is 21.6. The molecule has 0 saturated heterocycles. The quantitative estimate of drug-likeness (QED) is 0.0210. The van der Waals surface area contributed by atoms with Crippen LogP contribution in [-0.4, -0.2) is 49.3 Å². The van der Waals surface area contributed by atoms with Crippen molar-refractivity contribution >= 4 is 19.8 Å². The van der Waals surface area contributed by atoms with Gasteiger partial charge in [0.2, 0.25) is 0 Å². The Labute approximate surface area is 311 Å². The Morgan fingerprint density at radius 1 is 0.608 bits per heavy atom. The molecule has 51 heavy (non-hydrogen) atoms. The van der Waals surface area contributed by atoms with E-state index in [4.69, 9.17) is 24.3 Å². The molecule has 0 bridgehead atoms. The van der Waals surface area contributed by atoms with Crippen molar-refractivity contribution in [3.63, 3.8) is 0 Å². The Morgan fingerprint density at radius 2 is 1.08 bits per heavy atom. The third-order valence-electron chi connectivity index (χ3n) is 8.22. The fourth-order valence-corrected chi connectivity index (χ4v) is 5.95. The van der Waals surface area contributed by atoms with Gasteiger partial charge in [0.25, 0.3) is 0 Å². The Bertz CT molecular complexity index is 981. The highest BCUT2D eigenvalue weighted by Gasteiger charge is 2.25. The summed E-state index contributed by atoms with van der Waals surface area (Å²) in [6.07, 6.45) is 41.4. The average molecular weight is 740 g/mol. The number of carbonyl (C=O) groups is 2. The van der Waals surface area contributed by atoms with Crippen molar-refractivity contribution in [2.75, 3.05) is 26.4 Å². The molecular formula is C41H74NO8P. The molecule has 0 aliphatic carbocycles. The topological polar surface area (TPSA) is 134 Å². The average Bonchev–Trinajstić information content (AvgIpc) is 3.11. The third kappa shape index (κ3) is 37.5. The second kappa shape index (κ2) is 37.7. The molecule has 0 aromatic carbocycles. The van der Waals surface area contributed by atoms with Crippen molar-refractivity contribution in [3.8, 4) is 0 Å². The molecule has 0 rings (SSSR count). The first-order valence-electron chi connectivity index (χ1n) is 20.1. The molecule has 0 fully saturated rings. The fraction of sp³-hybridized carbons (Fsp3) is 0.756. The number of nitrogens with two attached hydrogens (primary N) is 1. The van der Waals surface area contributed by atoms with Crippen molar-refractivity contribution in [1.29, 1.82) is 0 Å². The van der Waals surface area contributed by atoms with Crippen molar-refractivity contribution in [3.05, 3.63) is 48.6 Å². The highest BCUT2D eigenvalue weighted by atomic mass is 31.2. The van der Waals surface area contributed by atoms with Gasteiger partial charge >= 0.3 is 19.8 Å². The molecular weight excluding hydrogens is 665 g/mol. The molecule has 10 heteroatoms. The summed E-state index contributed by atoms with van der Waals surface area (Å²) in [7, 11) is -4.39. The van der Waals surface area contributed by atoms with Gasteiger partial charge in [-0.1, -0.05) is 133 Å². The summed E-state index contributed by atoms with van der Waals surface area (Å²) in [4.78, 5) is 34.7. The zero-order valence-corrected chi connectivity index (χ0v) is 33.2. The smallest absolute Gasteiger partial charge is 0.462 e. The first-order chi connectivity index (χ1) is 24.8. The van der Waals surface area contributed by atoms with Crippen LogP contribution in [0.25, 0.3) is 0 Å². The zero-order chi connectivity index (χ0) is 37.5. The van der Waals surface area contributed by atoms with Gasteiger partial charge in [0.1, 0.15) is 6.61 Å². The van der Waals surface area contributed by atoms with Crippen LogP contribution in [0, 0.1) is 0 Å². The van der Waals surface area contributed by atoms with Gasteiger partial charge in [-0.15, -0.1) is 0 Å². The number of ether oxygens (including phenoxy) is 2. The molecule has 0 saturated carbocycles. The molecule has 0 spiro atoms. The number of phosphoric acid groups is 1. The minimum atomic E-state index is -4.39. The molecule has 0 amide bonds. The summed E-state index contributed by atoms with van der Waals surface area (Å²) in [6, 6.07) is 0. The number of hydrogen-bond acceptors (Lipinski definition) is 8. The lowest BCUT2D eigenvalue weighted by molar-refractivity contribution is -0.161. The number of rotatable bonds is 37. The monoisotopic (exact) mass is 740 g/mol. The van der Waals surface area contributed by atoms with E-state index in [2.05, 4.69) is 62.5 Å². The van der Waals surface area contributed by atoms with Gasteiger partial charge in [0.15, 0.2) is 6.10 Å². The number of unbranched alkanes of at least 4 members (excludes halogenated alkanes) is 17. The SMILES string of the molecule is CCCCCC/C=C/C=C/CCCCCCCC(=O)OC[C@H](COP(=O)(O)OCCN)OC(=O)CCCC/C=C/C/C=C/CCCCCCCC. The van der Waals surface area contributed by atoms with Crippen LogP contribution in [0.3, 0.4) is 0 Å². The van der Waals surface area contributed by atoms with Gasteiger partial charge in [-0.05, 0) is 70.6 Å². The van der Waals surface area contributed by atoms with Gasteiger partial charge < -0.3 is 20.1 Å². The lowest BCUT2D eigenvalue weighted by Gasteiger charge is -2.19. The fourth-order valence-electron chi connectivity index (χ4n) is 5.18. The largest absolute Gasteiger partial charge is 0.472 e. The maximum Gasteiger partial charge on any atom is 0.472 e. The number of carbonyl (C=O) groups excluding carboxylic acids is 2. The predicted molar refractivity (Wildman–Crippen MR) is 210 cm³/mol. The molecule has 2 atom stereocenters. The maximum atomic E-state index is 12.5. The minimum absolute atomic E-state index is 0.0447. The second-order valence-corrected chi connectivity index (χ2v) is 14.6. The van der Waals surface area contributed by atoms with Crippen molar-refractivity contribution in [2.24, 2.45) is 5.73 Å². The van der Waals surface area contributed by atoms with Crippen LogP contribution in [0.15, 0.2) is 48.6 Å². The van der Waals surface area contributed by atoms with Gasteiger partial charge in [0, 0.05) is 19.4 Å². The molecule has 0 heterocycles. The number of hydrogen-bond donors (Lipinski definition) is 2. The number of allylic oxidation sites excluding steroid dienone is 8. The Kier molecular flexibility index (Phi) is 36.2. The predicted octanol–water partition coefficient (Wildman–Crippen LogP) is 11.2. The Morgan fingerprint density at radius 3 is 1.67 bits per heavy atom.